The van der Waals surface area contributed by atoms with Gasteiger partial charge in [0.05, 0.1) is 0 Å². The largest absolute Gasteiger partial charge is 0.356 e. The van der Waals surface area contributed by atoms with Crippen LogP contribution in [0.4, 0.5) is 0 Å². The Morgan fingerprint density at radius 2 is 1.67 bits per heavy atom. The summed E-state index contributed by atoms with van der Waals surface area (Å²) >= 11 is 0. The number of hydrogen-bond donors (Lipinski definition) is 0. The summed E-state index contributed by atoms with van der Waals surface area (Å²) in [6, 6.07) is 10.1. The van der Waals surface area contributed by atoms with Crippen LogP contribution in [-0.2, 0) is 15.9 Å². The number of benzene rings is 1. The normalized spacial score (nSPS) is 10.6. The fourth-order valence-corrected chi connectivity index (χ4v) is 1.07. The summed E-state index contributed by atoms with van der Waals surface area (Å²) in [6.07, 6.45) is 0.667. The molecule has 12 heavy (non-hydrogen) atoms. The Labute approximate surface area is 73.1 Å². The summed E-state index contributed by atoms with van der Waals surface area (Å²) in [5.41, 5.74) is 1.23. The van der Waals surface area contributed by atoms with Gasteiger partial charge in [0, 0.05) is 20.6 Å². The minimum absolute atomic E-state index is 0.132. The molecule has 0 amide bonds. The third-order valence-electron chi connectivity index (χ3n) is 1.77. The third kappa shape index (κ3) is 2.64. The van der Waals surface area contributed by atoms with Gasteiger partial charge in [-0.1, -0.05) is 30.3 Å². The van der Waals surface area contributed by atoms with Crippen molar-refractivity contribution in [3.05, 3.63) is 35.9 Å². The van der Waals surface area contributed by atoms with Crippen LogP contribution >= 0.6 is 0 Å². The van der Waals surface area contributed by atoms with Crippen molar-refractivity contribution in [1.29, 1.82) is 0 Å². The fraction of sp³-hybridized carbons (Fsp3) is 0.400. The maximum absolute atomic E-state index is 5.08. The molecule has 0 unspecified atom stereocenters. The highest BCUT2D eigenvalue weighted by Gasteiger charge is 2.04. The van der Waals surface area contributed by atoms with Gasteiger partial charge in [0.2, 0.25) is 0 Å². The lowest BCUT2D eigenvalue weighted by Crippen LogP contribution is -2.15. The van der Waals surface area contributed by atoms with Gasteiger partial charge in [-0.3, -0.25) is 0 Å². The molecule has 0 atom stereocenters. The summed E-state index contributed by atoms with van der Waals surface area (Å²) in [7, 11) is 3.30. The average molecular weight is 166 g/mol. The highest BCUT2D eigenvalue weighted by Crippen LogP contribution is 2.05. The summed E-state index contributed by atoms with van der Waals surface area (Å²) in [5.74, 6) is 0. The molecular weight excluding hydrogens is 152 g/mol. The van der Waals surface area contributed by atoms with Crippen molar-refractivity contribution >= 4 is 0 Å². The smallest absolute Gasteiger partial charge is 0.160 e. The van der Waals surface area contributed by atoms with Crippen LogP contribution in [0.3, 0.4) is 0 Å². The molecule has 66 valence electrons. The Balaban J connectivity index is 2.51. The maximum atomic E-state index is 5.08. The van der Waals surface area contributed by atoms with Crippen molar-refractivity contribution in [2.45, 2.75) is 12.7 Å². The lowest BCUT2D eigenvalue weighted by molar-refractivity contribution is -0.100. The molecule has 0 saturated heterocycles. The molecule has 0 aliphatic rings. The van der Waals surface area contributed by atoms with E-state index >= 15 is 0 Å². The average Bonchev–Trinajstić information content (AvgIpc) is 2.16. The van der Waals surface area contributed by atoms with Crippen LogP contribution in [0.15, 0.2) is 30.3 Å². The Bertz CT molecular complexity index is 204. The zero-order valence-electron chi connectivity index (χ0n) is 7.49. The van der Waals surface area contributed by atoms with E-state index < -0.39 is 0 Å². The van der Waals surface area contributed by atoms with E-state index in [1.54, 1.807) is 14.2 Å². The van der Waals surface area contributed by atoms with Crippen molar-refractivity contribution in [3.63, 3.8) is 0 Å². The molecule has 0 saturated carbocycles. The molecule has 2 nitrogen and oxygen atoms in total. The van der Waals surface area contributed by atoms with Gasteiger partial charge in [-0.15, -0.1) is 0 Å². The minimum Gasteiger partial charge on any atom is -0.356 e. The van der Waals surface area contributed by atoms with Gasteiger partial charge in [0.25, 0.3) is 0 Å². The standard InChI is InChI=1S/C10H14O2/c1-11-10(12-2)8-9-6-4-3-5-7-9/h3-7,10H,8H2,1-2H3. The van der Waals surface area contributed by atoms with E-state index in [4.69, 9.17) is 9.47 Å². The predicted molar refractivity (Wildman–Crippen MR) is 48.0 cm³/mol. The molecule has 2 heteroatoms. The number of methoxy groups -OCH3 is 2. The van der Waals surface area contributed by atoms with Gasteiger partial charge >= 0.3 is 0 Å². The molecule has 0 spiro atoms. The van der Waals surface area contributed by atoms with Crippen LogP contribution in [0.5, 0.6) is 0 Å². The highest BCUT2D eigenvalue weighted by atomic mass is 16.7. The Kier molecular flexibility index (Phi) is 3.77. The summed E-state index contributed by atoms with van der Waals surface area (Å²) in [6.45, 7) is 0. The van der Waals surface area contributed by atoms with E-state index in [2.05, 4.69) is 12.1 Å². The van der Waals surface area contributed by atoms with E-state index in [1.807, 2.05) is 18.2 Å². The van der Waals surface area contributed by atoms with Crippen LogP contribution in [0.25, 0.3) is 0 Å². The minimum atomic E-state index is -0.132. The first kappa shape index (κ1) is 9.23. The quantitative estimate of drug-likeness (QED) is 0.635. The van der Waals surface area contributed by atoms with Crippen molar-refractivity contribution in [2.75, 3.05) is 14.2 Å². The van der Waals surface area contributed by atoms with Crippen molar-refractivity contribution in [1.82, 2.24) is 0 Å². The molecule has 0 aromatic heterocycles. The fourth-order valence-electron chi connectivity index (χ4n) is 1.07. The molecular formula is C10H14O2. The molecule has 0 fully saturated rings. The van der Waals surface area contributed by atoms with Crippen LogP contribution in [0.2, 0.25) is 0 Å². The van der Waals surface area contributed by atoms with Gasteiger partial charge < -0.3 is 9.47 Å². The van der Waals surface area contributed by atoms with Crippen molar-refractivity contribution in [3.8, 4) is 0 Å². The molecule has 0 heterocycles. The highest BCUT2D eigenvalue weighted by molar-refractivity contribution is 5.14. The van der Waals surface area contributed by atoms with E-state index in [0.717, 1.165) is 6.42 Å². The SMILES string of the molecule is COC(Cc1ccccc1)OC. The van der Waals surface area contributed by atoms with Crippen LogP contribution in [0.1, 0.15) is 5.56 Å². The monoisotopic (exact) mass is 166 g/mol. The first-order chi connectivity index (χ1) is 5.86. The lowest BCUT2D eigenvalue weighted by Gasteiger charge is -2.12. The van der Waals surface area contributed by atoms with Crippen LogP contribution < -0.4 is 0 Å². The molecule has 0 N–H and O–H groups in total. The van der Waals surface area contributed by atoms with Gasteiger partial charge in [-0.25, -0.2) is 0 Å². The third-order valence-corrected chi connectivity index (χ3v) is 1.77. The van der Waals surface area contributed by atoms with Crippen molar-refractivity contribution < 1.29 is 9.47 Å². The zero-order valence-corrected chi connectivity index (χ0v) is 7.49. The Morgan fingerprint density at radius 3 is 2.17 bits per heavy atom. The van der Waals surface area contributed by atoms with E-state index in [9.17, 15) is 0 Å². The summed E-state index contributed by atoms with van der Waals surface area (Å²) in [5, 5.41) is 0. The molecule has 1 aromatic carbocycles. The second-order valence-electron chi connectivity index (χ2n) is 2.59. The lowest BCUT2D eigenvalue weighted by atomic mass is 10.1. The predicted octanol–water partition coefficient (Wildman–Crippen LogP) is 1.85. The number of ether oxygens (including phenoxy) is 2. The van der Waals surface area contributed by atoms with Crippen LogP contribution in [0, 0.1) is 0 Å². The van der Waals surface area contributed by atoms with Gasteiger partial charge in [0.15, 0.2) is 6.29 Å². The molecule has 0 aliphatic heterocycles. The Morgan fingerprint density at radius 1 is 1.08 bits per heavy atom. The molecule has 1 rings (SSSR count). The summed E-state index contributed by atoms with van der Waals surface area (Å²) in [4.78, 5) is 0. The second kappa shape index (κ2) is 4.91. The van der Waals surface area contributed by atoms with E-state index in [-0.39, 0.29) is 6.29 Å². The molecule has 1 aromatic rings. The van der Waals surface area contributed by atoms with Gasteiger partial charge in [-0.2, -0.15) is 0 Å². The number of rotatable bonds is 4. The van der Waals surface area contributed by atoms with E-state index in [1.165, 1.54) is 5.56 Å². The summed E-state index contributed by atoms with van der Waals surface area (Å²) < 4.78 is 10.2. The van der Waals surface area contributed by atoms with Gasteiger partial charge in [-0.05, 0) is 5.56 Å². The van der Waals surface area contributed by atoms with Gasteiger partial charge in [0.1, 0.15) is 0 Å². The first-order valence-corrected chi connectivity index (χ1v) is 3.96. The zero-order chi connectivity index (χ0) is 8.81. The topological polar surface area (TPSA) is 18.5 Å². The van der Waals surface area contributed by atoms with Crippen LogP contribution in [-0.4, -0.2) is 20.5 Å². The molecule has 0 bridgehead atoms. The second-order valence-corrected chi connectivity index (χ2v) is 2.59. The van der Waals surface area contributed by atoms with E-state index in [0.29, 0.717) is 0 Å². The maximum Gasteiger partial charge on any atom is 0.160 e. The first-order valence-electron chi connectivity index (χ1n) is 3.96. The number of hydrogen-bond acceptors (Lipinski definition) is 2. The Hall–Kier alpha value is -0.860. The molecule has 0 radical (unpaired) electrons. The van der Waals surface area contributed by atoms with Crippen molar-refractivity contribution in [2.24, 2.45) is 0 Å². The molecule has 0 aliphatic carbocycles.